The minimum absolute atomic E-state index is 0.196. The molecule has 2 rings (SSSR count). The fourth-order valence-electron chi connectivity index (χ4n) is 1.16. The smallest absolute Gasteiger partial charge is 0.231 e. The maximum absolute atomic E-state index is 9.20. The van der Waals surface area contributed by atoms with Crippen molar-refractivity contribution in [3.8, 4) is 17.6 Å². The molecule has 0 spiro atoms. The Hall–Kier alpha value is -1.73. The molecular formula is C9H7NO3. The van der Waals surface area contributed by atoms with Gasteiger partial charge in [0.15, 0.2) is 17.6 Å². The summed E-state index contributed by atoms with van der Waals surface area (Å²) in [6, 6.07) is 6.66. The summed E-state index contributed by atoms with van der Waals surface area (Å²) in [5.74, 6) is 1.22. The van der Waals surface area contributed by atoms with Crippen molar-refractivity contribution in [1.29, 1.82) is 5.26 Å². The molecule has 4 nitrogen and oxygen atoms in total. The summed E-state index contributed by atoms with van der Waals surface area (Å²) in [5, 5.41) is 17.7. The second kappa shape index (κ2) is 2.96. The predicted molar refractivity (Wildman–Crippen MR) is 43.1 cm³/mol. The van der Waals surface area contributed by atoms with Gasteiger partial charge in [0.25, 0.3) is 0 Å². The van der Waals surface area contributed by atoms with Gasteiger partial charge < -0.3 is 14.6 Å². The van der Waals surface area contributed by atoms with E-state index in [1.54, 1.807) is 24.3 Å². The van der Waals surface area contributed by atoms with E-state index >= 15 is 0 Å². The van der Waals surface area contributed by atoms with Crippen molar-refractivity contribution in [2.75, 3.05) is 6.79 Å². The van der Waals surface area contributed by atoms with E-state index in [0.717, 1.165) is 0 Å². The Morgan fingerprint density at radius 3 is 2.92 bits per heavy atom. The van der Waals surface area contributed by atoms with Crippen LogP contribution < -0.4 is 9.47 Å². The van der Waals surface area contributed by atoms with Gasteiger partial charge in [-0.1, -0.05) is 6.07 Å². The number of benzene rings is 1. The zero-order valence-electron chi connectivity index (χ0n) is 6.73. The van der Waals surface area contributed by atoms with Gasteiger partial charge >= 0.3 is 0 Å². The maximum atomic E-state index is 9.20. The van der Waals surface area contributed by atoms with Gasteiger partial charge in [0.05, 0.1) is 6.07 Å². The SMILES string of the molecule is N#C[C@@H](O)c1ccc2c(c1)OCO2. The number of aliphatic hydroxyl groups excluding tert-OH is 1. The molecule has 0 bridgehead atoms. The average Bonchev–Trinajstić information content (AvgIpc) is 2.63. The van der Waals surface area contributed by atoms with Gasteiger partial charge in [0.2, 0.25) is 6.79 Å². The zero-order chi connectivity index (χ0) is 9.26. The predicted octanol–water partition coefficient (Wildman–Crippen LogP) is 0.972. The Bertz CT molecular complexity index is 370. The molecule has 0 saturated heterocycles. The summed E-state index contributed by atoms with van der Waals surface area (Å²) in [5.41, 5.74) is 0.520. The van der Waals surface area contributed by atoms with Crippen LogP contribution in [-0.4, -0.2) is 11.9 Å². The second-order valence-electron chi connectivity index (χ2n) is 2.64. The molecule has 0 amide bonds. The molecule has 66 valence electrons. The van der Waals surface area contributed by atoms with E-state index in [4.69, 9.17) is 14.7 Å². The summed E-state index contributed by atoms with van der Waals surface area (Å²) >= 11 is 0. The number of aliphatic hydroxyl groups is 1. The highest BCUT2D eigenvalue weighted by Crippen LogP contribution is 2.33. The quantitative estimate of drug-likeness (QED) is 0.649. The molecule has 0 saturated carbocycles. The Morgan fingerprint density at radius 2 is 2.15 bits per heavy atom. The fraction of sp³-hybridized carbons (Fsp3) is 0.222. The maximum Gasteiger partial charge on any atom is 0.231 e. The molecule has 0 fully saturated rings. The molecule has 0 aromatic heterocycles. The van der Waals surface area contributed by atoms with Gasteiger partial charge in [-0.15, -0.1) is 0 Å². The molecular weight excluding hydrogens is 170 g/mol. The third-order valence-electron chi connectivity index (χ3n) is 1.83. The average molecular weight is 177 g/mol. The number of hydrogen-bond donors (Lipinski definition) is 1. The van der Waals surface area contributed by atoms with Crippen LogP contribution in [0.4, 0.5) is 0 Å². The van der Waals surface area contributed by atoms with E-state index in [2.05, 4.69) is 0 Å². The van der Waals surface area contributed by atoms with Gasteiger partial charge in [-0.25, -0.2) is 0 Å². The van der Waals surface area contributed by atoms with Gasteiger partial charge in [-0.2, -0.15) is 5.26 Å². The second-order valence-corrected chi connectivity index (χ2v) is 2.64. The summed E-state index contributed by atoms with van der Waals surface area (Å²) in [6.07, 6.45) is -1.10. The molecule has 0 aliphatic carbocycles. The minimum Gasteiger partial charge on any atom is -0.454 e. The summed E-state index contributed by atoms with van der Waals surface area (Å²) in [6.45, 7) is 0.196. The van der Waals surface area contributed by atoms with Crippen molar-refractivity contribution in [2.45, 2.75) is 6.10 Å². The normalized spacial score (nSPS) is 15.1. The van der Waals surface area contributed by atoms with Gasteiger partial charge in [-0.3, -0.25) is 0 Å². The molecule has 13 heavy (non-hydrogen) atoms. The Labute approximate surface area is 74.9 Å². The third-order valence-corrected chi connectivity index (χ3v) is 1.83. The molecule has 1 aromatic carbocycles. The van der Waals surface area contributed by atoms with Gasteiger partial charge in [0.1, 0.15) is 0 Å². The summed E-state index contributed by atoms with van der Waals surface area (Å²) in [7, 11) is 0. The van der Waals surface area contributed by atoms with Crippen LogP contribution >= 0.6 is 0 Å². The highest BCUT2D eigenvalue weighted by Gasteiger charge is 2.15. The largest absolute Gasteiger partial charge is 0.454 e. The van der Waals surface area contributed by atoms with Crippen LogP contribution in [0.15, 0.2) is 18.2 Å². The Morgan fingerprint density at radius 1 is 1.38 bits per heavy atom. The molecule has 1 aromatic rings. The van der Waals surface area contributed by atoms with Crippen LogP contribution in [0.25, 0.3) is 0 Å². The molecule has 1 aliphatic heterocycles. The van der Waals surface area contributed by atoms with Crippen molar-refractivity contribution >= 4 is 0 Å². The lowest BCUT2D eigenvalue weighted by Crippen LogP contribution is -1.93. The minimum atomic E-state index is -1.10. The van der Waals surface area contributed by atoms with Crippen LogP contribution in [0.2, 0.25) is 0 Å². The van der Waals surface area contributed by atoms with Crippen LogP contribution in [0, 0.1) is 11.3 Å². The Kier molecular flexibility index (Phi) is 1.80. The summed E-state index contributed by atoms with van der Waals surface area (Å²) in [4.78, 5) is 0. The number of rotatable bonds is 1. The standard InChI is InChI=1S/C9H7NO3/c10-4-7(11)6-1-2-8-9(3-6)13-5-12-8/h1-3,7,11H,5H2/t7-/m1/s1. The fourth-order valence-corrected chi connectivity index (χ4v) is 1.16. The molecule has 4 heteroatoms. The lowest BCUT2D eigenvalue weighted by Gasteiger charge is -2.02. The van der Waals surface area contributed by atoms with Crippen LogP contribution in [0.5, 0.6) is 11.5 Å². The highest BCUT2D eigenvalue weighted by molar-refractivity contribution is 5.45. The van der Waals surface area contributed by atoms with E-state index in [-0.39, 0.29) is 6.79 Å². The first kappa shape index (κ1) is 7.90. The Balaban J connectivity index is 2.37. The van der Waals surface area contributed by atoms with E-state index in [9.17, 15) is 5.11 Å². The molecule has 1 heterocycles. The van der Waals surface area contributed by atoms with Crippen molar-refractivity contribution in [1.82, 2.24) is 0 Å². The van der Waals surface area contributed by atoms with Crippen LogP contribution in [0.3, 0.4) is 0 Å². The number of hydrogen-bond acceptors (Lipinski definition) is 4. The highest BCUT2D eigenvalue weighted by atomic mass is 16.7. The third kappa shape index (κ3) is 1.30. The van der Waals surface area contributed by atoms with Crippen molar-refractivity contribution in [3.63, 3.8) is 0 Å². The molecule has 0 radical (unpaired) electrons. The summed E-state index contributed by atoms with van der Waals surface area (Å²) < 4.78 is 10.2. The first-order chi connectivity index (χ1) is 6.31. The number of ether oxygens (including phenoxy) is 2. The zero-order valence-corrected chi connectivity index (χ0v) is 6.73. The van der Waals surface area contributed by atoms with E-state index in [1.165, 1.54) is 0 Å². The van der Waals surface area contributed by atoms with Gasteiger partial charge in [-0.05, 0) is 17.7 Å². The lowest BCUT2D eigenvalue weighted by molar-refractivity contribution is 0.173. The topological polar surface area (TPSA) is 62.5 Å². The van der Waals surface area contributed by atoms with Crippen molar-refractivity contribution in [2.24, 2.45) is 0 Å². The number of nitriles is 1. The lowest BCUT2D eigenvalue weighted by atomic mass is 10.1. The van der Waals surface area contributed by atoms with Gasteiger partial charge in [0, 0.05) is 0 Å². The van der Waals surface area contributed by atoms with Crippen LogP contribution in [-0.2, 0) is 0 Å². The van der Waals surface area contributed by atoms with Crippen molar-refractivity contribution < 1.29 is 14.6 Å². The monoisotopic (exact) mass is 177 g/mol. The molecule has 1 N–H and O–H groups in total. The molecule has 1 atom stereocenters. The van der Waals surface area contributed by atoms with Crippen LogP contribution in [0.1, 0.15) is 11.7 Å². The molecule has 0 unspecified atom stereocenters. The van der Waals surface area contributed by atoms with E-state index < -0.39 is 6.10 Å². The van der Waals surface area contributed by atoms with E-state index in [1.807, 2.05) is 0 Å². The first-order valence-corrected chi connectivity index (χ1v) is 3.78. The number of fused-ring (bicyclic) bond motifs is 1. The van der Waals surface area contributed by atoms with E-state index in [0.29, 0.717) is 17.1 Å². The first-order valence-electron chi connectivity index (χ1n) is 3.78. The van der Waals surface area contributed by atoms with Crippen molar-refractivity contribution in [3.05, 3.63) is 23.8 Å². The molecule has 1 aliphatic rings. The number of nitrogens with zero attached hydrogens (tertiary/aromatic N) is 1.